The summed E-state index contributed by atoms with van der Waals surface area (Å²) in [5, 5.41) is 0. The first-order chi connectivity index (χ1) is 7.10. The first-order valence-electron chi connectivity index (χ1n) is 5.09. The highest BCUT2D eigenvalue weighted by atomic mass is 16.5. The van der Waals surface area contributed by atoms with E-state index in [1.54, 1.807) is 0 Å². The predicted octanol–water partition coefficient (Wildman–Crippen LogP) is 1.60. The maximum absolute atomic E-state index is 11.4. The number of methoxy groups -OCH3 is 1. The number of hydrogen-bond acceptors (Lipinski definition) is 3. The van der Waals surface area contributed by atoms with E-state index in [0.717, 1.165) is 11.4 Å². The fourth-order valence-electron chi connectivity index (χ4n) is 1.48. The average molecular weight is 210 g/mol. The van der Waals surface area contributed by atoms with Crippen LogP contribution in [0.5, 0.6) is 0 Å². The molecule has 1 unspecified atom stereocenters. The molecule has 0 aliphatic heterocycles. The predicted molar refractivity (Wildman–Crippen MR) is 59.4 cm³/mol. The number of rotatable bonds is 4. The number of carbonyl (C=O) groups is 1. The largest absolute Gasteiger partial charge is 0.467 e. The maximum Gasteiger partial charge on any atom is 0.329 e. The van der Waals surface area contributed by atoms with Crippen LogP contribution in [0.3, 0.4) is 0 Å². The number of esters is 1. The van der Waals surface area contributed by atoms with Gasteiger partial charge in [0.25, 0.3) is 0 Å². The SMILES string of the molecule is CCC(Nn1c(C)ccc1C)C(=O)OC. The van der Waals surface area contributed by atoms with Crippen molar-refractivity contribution in [2.24, 2.45) is 0 Å². The van der Waals surface area contributed by atoms with Crippen molar-refractivity contribution in [1.82, 2.24) is 4.68 Å². The Bertz CT molecular complexity index is 325. The van der Waals surface area contributed by atoms with E-state index in [1.807, 2.05) is 37.6 Å². The molecule has 1 aromatic rings. The zero-order chi connectivity index (χ0) is 11.4. The second-order valence-corrected chi connectivity index (χ2v) is 3.56. The quantitative estimate of drug-likeness (QED) is 0.768. The highest BCUT2D eigenvalue weighted by Gasteiger charge is 2.17. The number of nitrogens with one attached hydrogen (secondary N) is 1. The van der Waals surface area contributed by atoms with Crippen LogP contribution in [0.2, 0.25) is 0 Å². The van der Waals surface area contributed by atoms with Gasteiger partial charge in [-0.2, -0.15) is 0 Å². The molecule has 4 heteroatoms. The van der Waals surface area contributed by atoms with Crippen LogP contribution in [-0.4, -0.2) is 23.8 Å². The number of nitrogens with zero attached hydrogens (tertiary/aromatic N) is 1. The van der Waals surface area contributed by atoms with Crippen molar-refractivity contribution in [3.8, 4) is 0 Å². The van der Waals surface area contributed by atoms with E-state index < -0.39 is 0 Å². The van der Waals surface area contributed by atoms with Crippen LogP contribution in [0, 0.1) is 13.8 Å². The Hall–Kier alpha value is -1.45. The third-order valence-corrected chi connectivity index (χ3v) is 2.45. The van der Waals surface area contributed by atoms with Gasteiger partial charge < -0.3 is 10.2 Å². The number of hydrogen-bond donors (Lipinski definition) is 1. The van der Waals surface area contributed by atoms with Gasteiger partial charge in [-0.15, -0.1) is 0 Å². The molecule has 1 atom stereocenters. The van der Waals surface area contributed by atoms with E-state index in [2.05, 4.69) is 5.43 Å². The highest BCUT2D eigenvalue weighted by molar-refractivity contribution is 5.77. The van der Waals surface area contributed by atoms with Crippen LogP contribution >= 0.6 is 0 Å². The fourth-order valence-corrected chi connectivity index (χ4v) is 1.48. The van der Waals surface area contributed by atoms with Gasteiger partial charge in [-0.05, 0) is 32.4 Å². The van der Waals surface area contributed by atoms with E-state index >= 15 is 0 Å². The van der Waals surface area contributed by atoms with Crippen molar-refractivity contribution < 1.29 is 9.53 Å². The van der Waals surface area contributed by atoms with Crippen molar-refractivity contribution in [3.05, 3.63) is 23.5 Å². The molecule has 0 saturated heterocycles. The molecule has 0 aliphatic rings. The summed E-state index contributed by atoms with van der Waals surface area (Å²) in [6.45, 7) is 5.93. The van der Waals surface area contributed by atoms with Crippen LogP contribution in [0.1, 0.15) is 24.7 Å². The summed E-state index contributed by atoms with van der Waals surface area (Å²) < 4.78 is 6.62. The van der Waals surface area contributed by atoms with Crippen LogP contribution in [0.15, 0.2) is 12.1 Å². The zero-order valence-electron chi connectivity index (χ0n) is 9.70. The third-order valence-electron chi connectivity index (χ3n) is 2.45. The van der Waals surface area contributed by atoms with Crippen LogP contribution in [-0.2, 0) is 9.53 Å². The zero-order valence-corrected chi connectivity index (χ0v) is 9.70. The van der Waals surface area contributed by atoms with Gasteiger partial charge in [0.05, 0.1) is 7.11 Å². The average Bonchev–Trinajstić information content (AvgIpc) is 2.55. The van der Waals surface area contributed by atoms with Gasteiger partial charge in [-0.3, -0.25) is 4.68 Å². The van der Waals surface area contributed by atoms with Gasteiger partial charge in [0.1, 0.15) is 6.04 Å². The van der Waals surface area contributed by atoms with Gasteiger partial charge in [-0.25, -0.2) is 4.79 Å². The molecule has 0 spiro atoms. The van der Waals surface area contributed by atoms with Gasteiger partial charge in [0.15, 0.2) is 0 Å². The Kier molecular flexibility index (Phi) is 3.77. The molecule has 0 saturated carbocycles. The molecule has 1 heterocycles. The van der Waals surface area contributed by atoms with Crippen molar-refractivity contribution in [1.29, 1.82) is 0 Å². The number of ether oxygens (including phenoxy) is 1. The molecule has 4 nitrogen and oxygen atoms in total. The van der Waals surface area contributed by atoms with Gasteiger partial charge in [0, 0.05) is 11.4 Å². The topological polar surface area (TPSA) is 43.3 Å². The van der Waals surface area contributed by atoms with Gasteiger partial charge >= 0.3 is 5.97 Å². The minimum absolute atomic E-state index is 0.231. The Morgan fingerprint density at radius 1 is 1.47 bits per heavy atom. The van der Waals surface area contributed by atoms with E-state index in [4.69, 9.17) is 4.74 Å². The molecule has 1 rings (SSSR count). The number of aromatic nitrogens is 1. The van der Waals surface area contributed by atoms with E-state index in [0.29, 0.717) is 6.42 Å². The lowest BCUT2D eigenvalue weighted by molar-refractivity contribution is -0.141. The number of carbonyl (C=O) groups excluding carboxylic acids is 1. The highest BCUT2D eigenvalue weighted by Crippen LogP contribution is 2.06. The molecule has 1 N–H and O–H groups in total. The minimum atomic E-state index is -0.292. The van der Waals surface area contributed by atoms with Crippen molar-refractivity contribution in [3.63, 3.8) is 0 Å². The summed E-state index contributed by atoms with van der Waals surface area (Å²) >= 11 is 0. The van der Waals surface area contributed by atoms with Crippen LogP contribution < -0.4 is 5.43 Å². The standard InChI is InChI=1S/C11H18N2O2/c1-5-10(11(14)15-4)12-13-8(2)6-7-9(13)3/h6-7,10,12H,5H2,1-4H3. The molecule has 15 heavy (non-hydrogen) atoms. The van der Waals surface area contributed by atoms with Crippen LogP contribution in [0.4, 0.5) is 0 Å². The maximum atomic E-state index is 11.4. The Morgan fingerprint density at radius 3 is 2.40 bits per heavy atom. The van der Waals surface area contributed by atoms with Gasteiger partial charge in [-0.1, -0.05) is 6.92 Å². The normalized spacial score (nSPS) is 12.3. The first kappa shape index (κ1) is 11.6. The summed E-state index contributed by atoms with van der Waals surface area (Å²) in [6.07, 6.45) is 0.698. The fraction of sp³-hybridized carbons (Fsp3) is 0.545. The molecule has 0 aliphatic carbocycles. The first-order valence-corrected chi connectivity index (χ1v) is 5.09. The Labute approximate surface area is 90.2 Å². The van der Waals surface area contributed by atoms with Gasteiger partial charge in [0.2, 0.25) is 0 Å². The Morgan fingerprint density at radius 2 is 2.00 bits per heavy atom. The third kappa shape index (κ3) is 2.52. The molecule has 0 radical (unpaired) electrons. The molecular weight excluding hydrogens is 192 g/mol. The minimum Gasteiger partial charge on any atom is -0.467 e. The summed E-state index contributed by atoms with van der Waals surface area (Å²) in [5.41, 5.74) is 5.30. The van der Waals surface area contributed by atoms with E-state index in [1.165, 1.54) is 7.11 Å². The molecule has 0 bridgehead atoms. The second kappa shape index (κ2) is 4.87. The molecule has 0 amide bonds. The molecule has 0 aromatic carbocycles. The Balaban J connectivity index is 2.79. The van der Waals surface area contributed by atoms with E-state index in [-0.39, 0.29) is 12.0 Å². The van der Waals surface area contributed by atoms with Crippen molar-refractivity contribution >= 4 is 5.97 Å². The molecular formula is C11H18N2O2. The summed E-state index contributed by atoms with van der Waals surface area (Å²) in [5.74, 6) is -0.231. The molecule has 0 fully saturated rings. The summed E-state index contributed by atoms with van der Waals surface area (Å²) in [6, 6.07) is 3.72. The van der Waals surface area contributed by atoms with Crippen molar-refractivity contribution in [2.75, 3.05) is 12.5 Å². The number of aryl methyl sites for hydroxylation is 2. The summed E-state index contributed by atoms with van der Waals surface area (Å²) in [7, 11) is 1.40. The second-order valence-electron chi connectivity index (χ2n) is 3.56. The lowest BCUT2D eigenvalue weighted by Crippen LogP contribution is -2.36. The molecule has 84 valence electrons. The smallest absolute Gasteiger partial charge is 0.329 e. The molecule has 1 aromatic heterocycles. The van der Waals surface area contributed by atoms with Crippen molar-refractivity contribution in [2.45, 2.75) is 33.2 Å². The lowest BCUT2D eigenvalue weighted by atomic mass is 10.2. The monoisotopic (exact) mass is 210 g/mol. The lowest BCUT2D eigenvalue weighted by Gasteiger charge is -2.19. The van der Waals surface area contributed by atoms with E-state index in [9.17, 15) is 4.79 Å². The van der Waals surface area contributed by atoms with Crippen LogP contribution in [0.25, 0.3) is 0 Å². The summed E-state index contributed by atoms with van der Waals surface area (Å²) in [4.78, 5) is 11.4.